The van der Waals surface area contributed by atoms with Crippen molar-refractivity contribution in [3.8, 4) is 0 Å². The Morgan fingerprint density at radius 3 is 2.53 bits per heavy atom. The molecule has 0 spiro atoms. The third-order valence-electron chi connectivity index (χ3n) is 3.74. The Kier molecular flexibility index (Phi) is 18.6. The monoisotopic (exact) mass is 496 g/mol. The zero-order valence-electron chi connectivity index (χ0n) is 21.2. The number of nitrogens with zero attached hydrogens (tertiary/aromatic N) is 3. The molecule has 0 saturated carbocycles. The second-order valence-electron chi connectivity index (χ2n) is 7.87. The molecule has 192 valence electrons. The van der Waals surface area contributed by atoms with Crippen molar-refractivity contribution in [1.82, 2.24) is 25.6 Å². The molecule has 0 bridgehead atoms. The molecule has 1 fully saturated rings. The van der Waals surface area contributed by atoms with Crippen LogP contribution in [0, 0.1) is 5.92 Å². The van der Waals surface area contributed by atoms with Gasteiger partial charge in [-0.05, 0) is 50.9 Å². The second kappa shape index (κ2) is 20.0. The number of nitrogens with one attached hydrogen (secondary N) is 3. The molecular weight excluding hydrogens is 455 g/mol. The van der Waals surface area contributed by atoms with Gasteiger partial charge in [0.1, 0.15) is 18.0 Å². The molecule has 1 aromatic rings. The first-order chi connectivity index (χ1) is 16.3. The van der Waals surface area contributed by atoms with Crippen molar-refractivity contribution < 1.29 is 14.3 Å². The molecule has 1 aliphatic heterocycles. The molecule has 2 rings (SSSR count). The number of amides is 1. The summed E-state index contributed by atoms with van der Waals surface area (Å²) in [5.41, 5.74) is 1.50. The van der Waals surface area contributed by atoms with Crippen LogP contribution < -0.4 is 16.0 Å². The van der Waals surface area contributed by atoms with Crippen molar-refractivity contribution in [2.45, 2.75) is 66.5 Å². The lowest BCUT2D eigenvalue weighted by molar-refractivity contribution is 0.0929. The van der Waals surface area contributed by atoms with Gasteiger partial charge in [-0.1, -0.05) is 52.0 Å². The van der Waals surface area contributed by atoms with E-state index in [2.05, 4.69) is 51.7 Å². The molecule has 4 N–H and O–H groups in total. The van der Waals surface area contributed by atoms with Gasteiger partial charge < -0.3 is 21.1 Å². The van der Waals surface area contributed by atoms with E-state index in [-0.39, 0.29) is 23.5 Å². The van der Waals surface area contributed by atoms with Crippen molar-refractivity contribution in [2.75, 3.05) is 25.0 Å². The Bertz CT molecular complexity index is 788. The van der Waals surface area contributed by atoms with Crippen molar-refractivity contribution in [2.24, 2.45) is 5.92 Å². The van der Waals surface area contributed by atoms with E-state index in [1.54, 1.807) is 6.08 Å². The molecule has 1 aliphatic rings. The maximum atomic E-state index is 13.4. The molecule has 1 atom stereocenters. The Morgan fingerprint density at radius 1 is 1.26 bits per heavy atom. The van der Waals surface area contributed by atoms with Gasteiger partial charge >= 0.3 is 0 Å². The van der Waals surface area contributed by atoms with Crippen molar-refractivity contribution >= 4 is 23.1 Å². The largest absolute Gasteiger partial charge is 0.389 e. The molecular formula is C24H41FN6O2S. The maximum Gasteiger partial charge on any atom is 0.280 e. The van der Waals surface area contributed by atoms with Crippen LogP contribution in [0.2, 0.25) is 0 Å². The molecule has 1 saturated heterocycles. The first-order valence-corrected chi connectivity index (χ1v) is 12.6. The van der Waals surface area contributed by atoms with Crippen LogP contribution in [0.3, 0.4) is 0 Å². The summed E-state index contributed by atoms with van der Waals surface area (Å²) in [6.45, 7) is 14.0. The highest BCUT2D eigenvalue weighted by Crippen LogP contribution is 2.06. The van der Waals surface area contributed by atoms with E-state index >= 15 is 0 Å². The van der Waals surface area contributed by atoms with Crippen LogP contribution in [-0.4, -0.2) is 57.7 Å². The number of halogens is 1. The number of carbonyl (C=O) groups is 1. The van der Waals surface area contributed by atoms with Gasteiger partial charge in [0, 0.05) is 12.6 Å². The predicted octanol–water partition coefficient (Wildman–Crippen LogP) is 4.43. The highest BCUT2D eigenvalue weighted by Gasteiger charge is 2.17. The van der Waals surface area contributed by atoms with Crippen molar-refractivity contribution in [3.05, 3.63) is 47.1 Å². The number of hydrogen-bond donors (Lipinski definition) is 4. The van der Waals surface area contributed by atoms with E-state index in [0.717, 1.165) is 49.3 Å². The maximum absolute atomic E-state index is 13.4. The summed E-state index contributed by atoms with van der Waals surface area (Å²) in [6.07, 6.45) is 7.58. The van der Waals surface area contributed by atoms with Crippen LogP contribution in [0.1, 0.15) is 64.2 Å². The summed E-state index contributed by atoms with van der Waals surface area (Å²) >= 11 is 1.12. The fraction of sp³-hybridized carbons (Fsp3) is 0.583. The average molecular weight is 497 g/mol. The number of hydrogen-bond acceptors (Lipinski definition) is 8. The van der Waals surface area contributed by atoms with Gasteiger partial charge in [0.2, 0.25) is 0 Å². The van der Waals surface area contributed by atoms with Gasteiger partial charge in [-0.15, -0.1) is 0 Å². The number of piperidine rings is 1. The first kappa shape index (κ1) is 31.6. The highest BCUT2D eigenvalue weighted by molar-refractivity contribution is 7.11. The van der Waals surface area contributed by atoms with Crippen molar-refractivity contribution in [3.63, 3.8) is 0 Å². The topological polar surface area (TPSA) is 112 Å². The standard InChI is InChI=1S/C18H25FN6O2S.C4H10.C2H6/c1-13(26)9-14(19)3-2-6-22-16-10-23-18(28-12-21-11-24-16)17(27)25-15-4-7-20-8-5-15;1-4(2)3;1-2/h2-3,9-13,15,20,22,26H,4-8H2,1H3,(H,25,27);4H,1-3H3;1-2H3/b3-2-,14-9+,16-10?,21-12?,23-18?,24-11?;;. The lowest BCUT2D eigenvalue weighted by Gasteiger charge is -2.23. The summed E-state index contributed by atoms with van der Waals surface area (Å²) in [4.78, 5) is 24.8. The lowest BCUT2D eigenvalue weighted by atomic mass is 10.1. The highest BCUT2D eigenvalue weighted by atomic mass is 32.1. The zero-order chi connectivity index (χ0) is 25.8. The van der Waals surface area contributed by atoms with E-state index in [4.69, 9.17) is 5.11 Å². The molecule has 1 aromatic heterocycles. The minimum Gasteiger partial charge on any atom is -0.389 e. The number of aliphatic hydroxyl groups excluding tert-OH is 1. The molecule has 1 amide bonds. The normalized spacial score (nSPS) is 14.8. The summed E-state index contributed by atoms with van der Waals surface area (Å²) in [5, 5.41) is 18.6. The van der Waals surface area contributed by atoms with E-state index in [1.165, 1.54) is 31.0 Å². The quantitative estimate of drug-likeness (QED) is 0.413. The fourth-order valence-corrected chi connectivity index (χ4v) is 2.92. The predicted molar refractivity (Wildman–Crippen MR) is 139 cm³/mol. The fourth-order valence-electron chi connectivity index (χ4n) is 2.42. The average Bonchev–Trinajstić information content (AvgIpc) is 2.90. The minimum atomic E-state index is -0.849. The molecule has 34 heavy (non-hydrogen) atoms. The molecule has 8 nitrogen and oxygen atoms in total. The Morgan fingerprint density at radius 2 is 1.91 bits per heavy atom. The smallest absolute Gasteiger partial charge is 0.280 e. The summed E-state index contributed by atoms with van der Waals surface area (Å²) in [7, 11) is 0. The third kappa shape index (κ3) is 17.1. The second-order valence-corrected chi connectivity index (χ2v) is 8.70. The van der Waals surface area contributed by atoms with E-state index in [0.29, 0.717) is 5.82 Å². The van der Waals surface area contributed by atoms with Crippen LogP contribution in [-0.2, 0) is 0 Å². The van der Waals surface area contributed by atoms with Crippen LogP contribution in [0.5, 0.6) is 0 Å². The molecule has 10 heteroatoms. The number of allylic oxidation sites excluding steroid dienone is 2. The lowest BCUT2D eigenvalue weighted by Crippen LogP contribution is -2.42. The SMILES string of the molecule is CC.CC(C)C.CC(O)/C=C(F)\C=C/CNc1cnc(C(=O)NC2CCNCC2)scncn1. The van der Waals surface area contributed by atoms with Crippen LogP contribution in [0.15, 0.2) is 42.1 Å². The van der Waals surface area contributed by atoms with Gasteiger partial charge in [-0.3, -0.25) is 4.79 Å². The van der Waals surface area contributed by atoms with E-state index < -0.39 is 11.9 Å². The van der Waals surface area contributed by atoms with Gasteiger partial charge in [0.05, 0.1) is 17.8 Å². The van der Waals surface area contributed by atoms with Crippen molar-refractivity contribution in [1.29, 1.82) is 0 Å². The van der Waals surface area contributed by atoms with E-state index in [9.17, 15) is 9.18 Å². The van der Waals surface area contributed by atoms with Gasteiger partial charge in [-0.2, -0.15) is 0 Å². The molecule has 1 unspecified atom stereocenters. The summed E-state index contributed by atoms with van der Waals surface area (Å²) < 4.78 is 13.4. The molecule has 0 aliphatic carbocycles. The molecule has 0 aromatic carbocycles. The first-order valence-electron chi connectivity index (χ1n) is 11.7. The number of aliphatic hydroxyl groups is 1. The number of carbonyl (C=O) groups excluding carboxylic acids is 1. The van der Waals surface area contributed by atoms with E-state index in [1.807, 2.05) is 13.8 Å². The van der Waals surface area contributed by atoms with Gasteiger partial charge in [0.15, 0.2) is 5.01 Å². The molecule has 0 radical (unpaired) electrons. The Hall–Kier alpha value is -2.43. The minimum absolute atomic E-state index is 0.133. The van der Waals surface area contributed by atoms with Gasteiger partial charge in [-0.25, -0.2) is 19.3 Å². The van der Waals surface area contributed by atoms with Gasteiger partial charge in [0.25, 0.3) is 5.91 Å². The molecule has 2 heterocycles. The van der Waals surface area contributed by atoms with Crippen LogP contribution in [0.4, 0.5) is 10.2 Å². The Labute approximate surface area is 207 Å². The number of aromatic nitrogens is 3. The Balaban J connectivity index is 0.00000164. The summed E-state index contributed by atoms with van der Waals surface area (Å²) in [5.74, 6) is 0.446. The third-order valence-corrected chi connectivity index (χ3v) is 4.48. The van der Waals surface area contributed by atoms with Crippen LogP contribution >= 0.6 is 11.3 Å². The number of rotatable bonds is 7. The zero-order valence-corrected chi connectivity index (χ0v) is 22.0. The van der Waals surface area contributed by atoms with Crippen LogP contribution in [0.25, 0.3) is 0 Å². The number of anilines is 1. The summed E-state index contributed by atoms with van der Waals surface area (Å²) in [6, 6.07) is 0.133.